The molecular formula is C16H19N5O2. The number of hydrogen-bond donors (Lipinski definition) is 1. The molecule has 2 aromatic rings. The molecule has 120 valence electrons. The molecule has 1 aliphatic rings. The Balaban J connectivity index is 1.69. The summed E-state index contributed by atoms with van der Waals surface area (Å²) in [6.45, 7) is 3.54. The first kappa shape index (κ1) is 15.2. The molecule has 1 atom stereocenters. The highest BCUT2D eigenvalue weighted by molar-refractivity contribution is 5.91. The van der Waals surface area contributed by atoms with Gasteiger partial charge in [-0.25, -0.2) is 9.97 Å². The summed E-state index contributed by atoms with van der Waals surface area (Å²) < 4.78 is 5.87. The average Bonchev–Trinajstić information content (AvgIpc) is 2.57. The first-order valence-electron chi connectivity index (χ1n) is 7.58. The predicted octanol–water partition coefficient (Wildman–Crippen LogP) is 1.33. The van der Waals surface area contributed by atoms with E-state index in [2.05, 4.69) is 19.9 Å². The number of ether oxygens (including phenoxy) is 1. The van der Waals surface area contributed by atoms with Crippen LogP contribution in [-0.2, 0) is 0 Å². The molecule has 0 bridgehead atoms. The molecular weight excluding hydrogens is 294 g/mol. The van der Waals surface area contributed by atoms with E-state index in [0.29, 0.717) is 12.6 Å². The number of pyridine rings is 1. The highest BCUT2D eigenvalue weighted by Crippen LogP contribution is 2.22. The molecule has 1 fully saturated rings. The molecule has 1 amide bonds. The monoisotopic (exact) mass is 313 g/mol. The largest absolute Gasteiger partial charge is 0.458 e. The first-order chi connectivity index (χ1) is 11.1. The predicted molar refractivity (Wildman–Crippen MR) is 85.4 cm³/mol. The fourth-order valence-electron chi connectivity index (χ4n) is 2.61. The van der Waals surface area contributed by atoms with E-state index in [4.69, 9.17) is 10.5 Å². The molecule has 7 nitrogen and oxygen atoms in total. The highest BCUT2D eigenvalue weighted by atomic mass is 16.5. The smallest absolute Gasteiger partial charge is 0.316 e. The molecule has 1 aliphatic heterocycles. The normalized spacial score (nSPS) is 17.8. The van der Waals surface area contributed by atoms with Gasteiger partial charge in [0.1, 0.15) is 11.8 Å². The second-order valence-electron chi connectivity index (χ2n) is 5.63. The van der Waals surface area contributed by atoms with E-state index in [9.17, 15) is 4.79 Å². The van der Waals surface area contributed by atoms with Crippen molar-refractivity contribution < 1.29 is 9.53 Å². The maximum atomic E-state index is 11.3. The van der Waals surface area contributed by atoms with Crippen molar-refractivity contribution in [1.29, 1.82) is 0 Å². The minimum absolute atomic E-state index is 0.0108. The van der Waals surface area contributed by atoms with Crippen LogP contribution >= 0.6 is 0 Å². The van der Waals surface area contributed by atoms with Crippen molar-refractivity contribution in [3.05, 3.63) is 42.0 Å². The van der Waals surface area contributed by atoms with Crippen molar-refractivity contribution in [2.45, 2.75) is 25.9 Å². The first-order valence-corrected chi connectivity index (χ1v) is 7.58. The molecule has 2 N–H and O–H groups in total. The lowest BCUT2D eigenvalue weighted by atomic mass is 10.1. The van der Waals surface area contributed by atoms with Crippen LogP contribution < -0.4 is 15.4 Å². The van der Waals surface area contributed by atoms with Crippen LogP contribution in [0, 0.1) is 6.92 Å². The number of amides is 1. The van der Waals surface area contributed by atoms with E-state index in [1.54, 1.807) is 24.7 Å². The third kappa shape index (κ3) is 3.74. The van der Waals surface area contributed by atoms with Crippen molar-refractivity contribution in [2.24, 2.45) is 5.73 Å². The number of primary amides is 1. The fourth-order valence-corrected chi connectivity index (χ4v) is 2.61. The van der Waals surface area contributed by atoms with E-state index in [1.807, 2.05) is 13.0 Å². The molecule has 2 aromatic heterocycles. The quantitative estimate of drug-likeness (QED) is 0.915. The molecule has 0 aromatic carbocycles. The molecule has 3 rings (SSSR count). The summed E-state index contributed by atoms with van der Waals surface area (Å²) in [5, 5.41) is 0. The maximum Gasteiger partial charge on any atom is 0.316 e. The lowest BCUT2D eigenvalue weighted by molar-refractivity contribution is 0.0995. The van der Waals surface area contributed by atoms with Crippen molar-refractivity contribution in [2.75, 3.05) is 18.0 Å². The van der Waals surface area contributed by atoms with E-state index >= 15 is 0 Å². The zero-order chi connectivity index (χ0) is 16.2. The van der Waals surface area contributed by atoms with E-state index < -0.39 is 5.91 Å². The molecule has 0 aliphatic carbocycles. The van der Waals surface area contributed by atoms with Gasteiger partial charge in [-0.15, -0.1) is 0 Å². The summed E-state index contributed by atoms with van der Waals surface area (Å²) in [6, 6.07) is 3.99. The molecule has 23 heavy (non-hydrogen) atoms. The van der Waals surface area contributed by atoms with Crippen LogP contribution in [-0.4, -0.2) is 40.1 Å². The summed E-state index contributed by atoms with van der Waals surface area (Å²) >= 11 is 0. The van der Waals surface area contributed by atoms with Crippen LogP contribution in [0.4, 0.5) is 5.69 Å². The Morgan fingerprint density at radius 3 is 2.87 bits per heavy atom. The number of carbonyl (C=O) groups is 1. The molecule has 7 heteroatoms. The van der Waals surface area contributed by atoms with Gasteiger partial charge in [0.15, 0.2) is 0 Å². The summed E-state index contributed by atoms with van der Waals surface area (Å²) in [6.07, 6.45) is 7.03. The van der Waals surface area contributed by atoms with E-state index in [1.165, 1.54) is 0 Å². The number of hydrogen-bond acceptors (Lipinski definition) is 6. The second kappa shape index (κ2) is 6.60. The second-order valence-corrected chi connectivity index (χ2v) is 5.63. The lowest BCUT2D eigenvalue weighted by Crippen LogP contribution is -2.41. The van der Waals surface area contributed by atoms with Crippen LogP contribution in [0.25, 0.3) is 0 Å². The van der Waals surface area contributed by atoms with Gasteiger partial charge in [0.2, 0.25) is 0 Å². The molecule has 3 heterocycles. The van der Waals surface area contributed by atoms with Crippen molar-refractivity contribution in [1.82, 2.24) is 15.0 Å². The number of anilines is 1. The number of aromatic nitrogens is 3. The SMILES string of the molecule is Cc1cnc(OC2CCCN(c3ccnc(C(N)=O)c3)C2)nc1. The Morgan fingerprint density at radius 2 is 2.13 bits per heavy atom. The third-order valence-corrected chi connectivity index (χ3v) is 3.77. The Labute approximate surface area is 134 Å². The zero-order valence-electron chi connectivity index (χ0n) is 13.0. The molecule has 1 saturated heterocycles. The Morgan fingerprint density at radius 1 is 1.35 bits per heavy atom. The highest BCUT2D eigenvalue weighted by Gasteiger charge is 2.23. The molecule has 1 unspecified atom stereocenters. The minimum Gasteiger partial charge on any atom is -0.458 e. The molecule has 0 radical (unpaired) electrons. The molecule has 0 saturated carbocycles. The Hall–Kier alpha value is -2.70. The number of aryl methyl sites for hydroxylation is 1. The summed E-state index contributed by atoms with van der Waals surface area (Å²) in [5.74, 6) is -0.523. The van der Waals surface area contributed by atoms with Crippen molar-refractivity contribution in [3.63, 3.8) is 0 Å². The Bertz CT molecular complexity index is 689. The van der Waals surface area contributed by atoms with E-state index in [0.717, 1.165) is 30.6 Å². The van der Waals surface area contributed by atoms with Crippen LogP contribution in [0.3, 0.4) is 0 Å². The lowest BCUT2D eigenvalue weighted by Gasteiger charge is -2.34. The van der Waals surface area contributed by atoms with Gasteiger partial charge in [0, 0.05) is 30.8 Å². The van der Waals surface area contributed by atoms with Gasteiger partial charge < -0.3 is 15.4 Å². The van der Waals surface area contributed by atoms with Crippen molar-refractivity contribution >= 4 is 11.6 Å². The third-order valence-electron chi connectivity index (χ3n) is 3.77. The topological polar surface area (TPSA) is 94.2 Å². The standard InChI is InChI=1S/C16H19N5O2/c1-11-8-19-16(20-9-11)23-13-3-2-6-21(10-13)12-4-5-18-14(7-12)15(17)22/h4-5,7-9,13H,2-3,6,10H2,1H3,(H2,17,22). The van der Waals surface area contributed by atoms with Crippen LogP contribution in [0.1, 0.15) is 28.9 Å². The van der Waals surface area contributed by atoms with Gasteiger partial charge in [0.05, 0.1) is 6.54 Å². The number of rotatable bonds is 4. The van der Waals surface area contributed by atoms with E-state index in [-0.39, 0.29) is 11.8 Å². The summed E-state index contributed by atoms with van der Waals surface area (Å²) in [4.78, 5) is 25.8. The fraction of sp³-hybridized carbons (Fsp3) is 0.375. The van der Waals surface area contributed by atoms with Crippen LogP contribution in [0.15, 0.2) is 30.7 Å². The van der Waals surface area contributed by atoms with Crippen LogP contribution in [0.2, 0.25) is 0 Å². The number of carbonyl (C=O) groups excluding carboxylic acids is 1. The minimum atomic E-state index is -0.523. The summed E-state index contributed by atoms with van der Waals surface area (Å²) in [5.41, 5.74) is 7.48. The van der Waals surface area contributed by atoms with Gasteiger partial charge in [-0.1, -0.05) is 0 Å². The Kier molecular flexibility index (Phi) is 4.36. The van der Waals surface area contributed by atoms with Gasteiger partial charge in [-0.2, -0.15) is 0 Å². The summed E-state index contributed by atoms with van der Waals surface area (Å²) in [7, 11) is 0. The van der Waals surface area contributed by atoms with Gasteiger partial charge in [-0.05, 0) is 37.5 Å². The number of nitrogens with two attached hydrogens (primary N) is 1. The molecule has 0 spiro atoms. The number of nitrogens with zero attached hydrogens (tertiary/aromatic N) is 4. The maximum absolute atomic E-state index is 11.3. The van der Waals surface area contributed by atoms with Gasteiger partial charge in [-0.3, -0.25) is 9.78 Å². The van der Waals surface area contributed by atoms with Crippen molar-refractivity contribution in [3.8, 4) is 6.01 Å². The van der Waals surface area contributed by atoms with Crippen LogP contribution in [0.5, 0.6) is 6.01 Å². The average molecular weight is 313 g/mol. The van der Waals surface area contributed by atoms with Gasteiger partial charge in [0.25, 0.3) is 5.91 Å². The van der Waals surface area contributed by atoms with Gasteiger partial charge >= 0.3 is 6.01 Å². The zero-order valence-corrected chi connectivity index (χ0v) is 13.0. The number of piperidine rings is 1.